The summed E-state index contributed by atoms with van der Waals surface area (Å²) < 4.78 is 0. The zero-order chi connectivity index (χ0) is 18.8. The molecule has 1 amide bonds. The summed E-state index contributed by atoms with van der Waals surface area (Å²) in [4.78, 5) is 25.7. The minimum Gasteiger partial charge on any atom is -0.481 e. The molecule has 0 spiro atoms. The number of thioether (sulfide) groups is 1. The summed E-state index contributed by atoms with van der Waals surface area (Å²) in [6, 6.07) is 3.98. The van der Waals surface area contributed by atoms with Gasteiger partial charge in [-0.15, -0.1) is 23.1 Å². The highest BCUT2D eigenvalue weighted by molar-refractivity contribution is 8.02. The standard InChI is InChI=1S/C19H25NO4S2/c21-16(14-17-5-2-12-26-17)8-7-15-4-1-6-18(22)20(15)10-3-11-25-13-9-19(23)24/h2-3,5,7-8,11-12,15-16,21H,1,4,6,9-10,13-14H2,(H,23,24)/b8-7+,11-3-/t15-,16?/m1/s1. The van der Waals surface area contributed by atoms with Gasteiger partial charge in [0.15, 0.2) is 0 Å². The highest BCUT2D eigenvalue weighted by Gasteiger charge is 2.25. The van der Waals surface area contributed by atoms with Crippen molar-refractivity contribution >= 4 is 35.0 Å². The molecule has 5 nitrogen and oxygen atoms in total. The van der Waals surface area contributed by atoms with Crippen molar-refractivity contribution in [3.63, 3.8) is 0 Å². The molecule has 0 aromatic carbocycles. The van der Waals surface area contributed by atoms with E-state index in [1.165, 1.54) is 11.8 Å². The zero-order valence-electron chi connectivity index (χ0n) is 14.6. The van der Waals surface area contributed by atoms with E-state index < -0.39 is 12.1 Å². The van der Waals surface area contributed by atoms with Crippen LogP contribution in [0.5, 0.6) is 0 Å². The van der Waals surface area contributed by atoms with Crippen LogP contribution >= 0.6 is 23.1 Å². The third-order valence-corrected chi connectivity index (χ3v) is 5.81. The quantitative estimate of drug-likeness (QED) is 0.469. The maximum atomic E-state index is 12.2. The third-order valence-electron chi connectivity index (χ3n) is 4.09. The van der Waals surface area contributed by atoms with Gasteiger partial charge in [0.1, 0.15) is 0 Å². The first kappa shape index (κ1) is 20.7. The number of hydrogen-bond donors (Lipinski definition) is 2. The Hall–Kier alpha value is -1.57. The van der Waals surface area contributed by atoms with Gasteiger partial charge in [0.2, 0.25) is 5.91 Å². The SMILES string of the molecule is O=C(O)CCS/C=C\CN1C(=O)CCC[C@@H]1/C=C/C(O)Cc1cccs1. The van der Waals surface area contributed by atoms with Gasteiger partial charge in [-0.1, -0.05) is 24.3 Å². The summed E-state index contributed by atoms with van der Waals surface area (Å²) in [6.45, 7) is 0.509. The van der Waals surface area contributed by atoms with E-state index in [4.69, 9.17) is 5.11 Å². The van der Waals surface area contributed by atoms with E-state index in [0.29, 0.717) is 25.1 Å². The lowest BCUT2D eigenvalue weighted by Crippen LogP contribution is -2.42. The molecule has 2 rings (SSSR count). The van der Waals surface area contributed by atoms with Crippen LogP contribution in [0.2, 0.25) is 0 Å². The molecule has 0 bridgehead atoms. The third kappa shape index (κ3) is 7.35. The number of amides is 1. The fourth-order valence-corrected chi connectivity index (χ4v) is 4.19. The minimum absolute atomic E-state index is 0.00269. The van der Waals surface area contributed by atoms with Gasteiger partial charge >= 0.3 is 5.97 Å². The summed E-state index contributed by atoms with van der Waals surface area (Å²) in [5.74, 6) is -0.153. The first-order valence-corrected chi connectivity index (χ1v) is 10.7. The summed E-state index contributed by atoms with van der Waals surface area (Å²) in [7, 11) is 0. The van der Waals surface area contributed by atoms with E-state index in [-0.39, 0.29) is 18.4 Å². The van der Waals surface area contributed by atoms with Gasteiger partial charge in [-0.25, -0.2) is 0 Å². The molecule has 1 aliphatic rings. The number of aliphatic hydroxyl groups is 1. The molecule has 1 aromatic rings. The number of piperidine rings is 1. The maximum Gasteiger partial charge on any atom is 0.304 e. The Balaban J connectivity index is 1.84. The van der Waals surface area contributed by atoms with Crippen molar-refractivity contribution in [3.05, 3.63) is 46.0 Å². The molecule has 2 atom stereocenters. The van der Waals surface area contributed by atoms with Crippen molar-refractivity contribution in [1.82, 2.24) is 4.90 Å². The van der Waals surface area contributed by atoms with Gasteiger partial charge in [-0.2, -0.15) is 0 Å². The Morgan fingerprint density at radius 1 is 1.50 bits per heavy atom. The topological polar surface area (TPSA) is 77.8 Å². The van der Waals surface area contributed by atoms with Gasteiger partial charge in [-0.3, -0.25) is 9.59 Å². The van der Waals surface area contributed by atoms with E-state index in [1.54, 1.807) is 17.4 Å². The van der Waals surface area contributed by atoms with E-state index >= 15 is 0 Å². The molecule has 1 aromatic heterocycles. The Bertz CT molecular complexity index is 627. The number of aliphatic carboxylic acids is 1. The van der Waals surface area contributed by atoms with Crippen molar-refractivity contribution in [1.29, 1.82) is 0 Å². The van der Waals surface area contributed by atoms with Crippen LogP contribution < -0.4 is 0 Å². The van der Waals surface area contributed by atoms with E-state index in [1.807, 2.05) is 40.0 Å². The molecule has 2 heterocycles. The molecular formula is C19H25NO4S2. The Kier molecular flexibility index (Phi) is 8.94. The van der Waals surface area contributed by atoms with E-state index in [9.17, 15) is 14.7 Å². The number of aliphatic hydroxyl groups excluding tert-OH is 1. The van der Waals surface area contributed by atoms with E-state index in [0.717, 1.165) is 17.7 Å². The van der Waals surface area contributed by atoms with Crippen molar-refractivity contribution < 1.29 is 19.8 Å². The first-order valence-electron chi connectivity index (χ1n) is 8.73. The van der Waals surface area contributed by atoms with Crippen LogP contribution in [0.3, 0.4) is 0 Å². The highest BCUT2D eigenvalue weighted by atomic mass is 32.2. The number of carboxylic acids is 1. The minimum atomic E-state index is -0.802. The average molecular weight is 396 g/mol. The van der Waals surface area contributed by atoms with Crippen LogP contribution in [-0.4, -0.2) is 51.4 Å². The molecule has 0 saturated carbocycles. The molecule has 0 radical (unpaired) electrons. The number of carboxylic acid groups (broad SMARTS) is 1. The second-order valence-corrected chi connectivity index (χ2v) is 8.17. The van der Waals surface area contributed by atoms with Crippen molar-refractivity contribution in [2.24, 2.45) is 0 Å². The Morgan fingerprint density at radius 2 is 2.35 bits per heavy atom. The molecule has 0 aliphatic carbocycles. The summed E-state index contributed by atoms with van der Waals surface area (Å²) in [6.07, 6.45) is 8.13. The number of hydrogen-bond acceptors (Lipinski definition) is 5. The van der Waals surface area contributed by atoms with Crippen molar-refractivity contribution in [2.45, 2.75) is 44.2 Å². The zero-order valence-corrected chi connectivity index (χ0v) is 16.3. The van der Waals surface area contributed by atoms with Crippen LogP contribution in [0, 0.1) is 0 Å². The number of rotatable bonds is 10. The van der Waals surface area contributed by atoms with Crippen molar-refractivity contribution in [2.75, 3.05) is 12.3 Å². The number of carbonyl (C=O) groups is 2. The van der Waals surface area contributed by atoms with Gasteiger partial charge in [0.25, 0.3) is 0 Å². The molecule has 26 heavy (non-hydrogen) atoms. The highest BCUT2D eigenvalue weighted by Crippen LogP contribution is 2.20. The largest absolute Gasteiger partial charge is 0.481 e. The van der Waals surface area contributed by atoms with E-state index in [2.05, 4.69) is 0 Å². The molecule has 142 valence electrons. The molecule has 1 fully saturated rings. The Labute approximate surface area is 162 Å². The van der Waals surface area contributed by atoms with Gasteiger partial charge in [-0.05, 0) is 29.7 Å². The first-order chi connectivity index (χ1) is 12.6. The van der Waals surface area contributed by atoms with Crippen LogP contribution in [0.1, 0.15) is 30.6 Å². The van der Waals surface area contributed by atoms with Gasteiger partial charge in [0, 0.05) is 30.0 Å². The number of nitrogens with zero attached hydrogens (tertiary/aromatic N) is 1. The predicted octanol–water partition coefficient (Wildman–Crippen LogP) is 3.31. The lowest BCUT2D eigenvalue weighted by molar-refractivity contribution is -0.136. The second kappa shape index (κ2) is 11.2. The number of carbonyl (C=O) groups excluding carboxylic acids is 1. The van der Waals surface area contributed by atoms with Gasteiger partial charge in [0.05, 0.1) is 18.6 Å². The average Bonchev–Trinajstić information content (AvgIpc) is 3.10. The smallest absolute Gasteiger partial charge is 0.304 e. The Morgan fingerprint density at radius 3 is 3.08 bits per heavy atom. The van der Waals surface area contributed by atoms with Gasteiger partial charge < -0.3 is 15.1 Å². The lowest BCUT2D eigenvalue weighted by atomic mass is 10.00. The summed E-state index contributed by atoms with van der Waals surface area (Å²) >= 11 is 3.06. The fraction of sp³-hybridized carbons (Fsp3) is 0.474. The number of thiophene rings is 1. The molecular weight excluding hydrogens is 370 g/mol. The molecule has 1 unspecified atom stereocenters. The number of likely N-dealkylation sites (tertiary alicyclic amines) is 1. The van der Waals surface area contributed by atoms with Crippen LogP contribution in [0.4, 0.5) is 0 Å². The normalized spacial score (nSPS) is 19.5. The maximum absolute atomic E-state index is 12.2. The lowest BCUT2D eigenvalue weighted by Gasteiger charge is -2.33. The fourth-order valence-electron chi connectivity index (χ4n) is 2.78. The second-order valence-electron chi connectivity index (χ2n) is 6.13. The van der Waals surface area contributed by atoms with Crippen LogP contribution in [0.15, 0.2) is 41.1 Å². The molecule has 2 N–H and O–H groups in total. The van der Waals surface area contributed by atoms with Crippen LogP contribution in [-0.2, 0) is 16.0 Å². The predicted molar refractivity (Wildman–Crippen MR) is 106 cm³/mol. The summed E-state index contributed by atoms with van der Waals surface area (Å²) in [5, 5.41) is 22.6. The summed E-state index contributed by atoms with van der Waals surface area (Å²) in [5.41, 5.74) is 0. The molecule has 7 heteroatoms. The molecule has 1 aliphatic heterocycles. The van der Waals surface area contributed by atoms with Crippen LogP contribution in [0.25, 0.3) is 0 Å². The monoisotopic (exact) mass is 395 g/mol. The van der Waals surface area contributed by atoms with Crippen molar-refractivity contribution in [3.8, 4) is 0 Å². The molecule has 1 saturated heterocycles.